The van der Waals surface area contributed by atoms with Gasteiger partial charge in [-0.25, -0.2) is 0 Å². The zero-order valence-electron chi connectivity index (χ0n) is 14.6. The van der Waals surface area contributed by atoms with Crippen LogP contribution in [0.3, 0.4) is 0 Å². The first-order valence-corrected chi connectivity index (χ1v) is 8.89. The summed E-state index contributed by atoms with van der Waals surface area (Å²) in [5.41, 5.74) is 14.7. The minimum absolute atomic E-state index is 0.828. The summed E-state index contributed by atoms with van der Waals surface area (Å²) in [6, 6.07) is 35.4. The molecule has 5 rings (SSSR count). The zero-order valence-corrected chi connectivity index (χ0v) is 14.6. The van der Waals surface area contributed by atoms with Crippen LogP contribution in [0.2, 0.25) is 0 Å². The van der Waals surface area contributed by atoms with Crippen LogP contribution in [0, 0.1) is 0 Å². The molecule has 0 amide bonds. The molecule has 2 N–H and O–H groups in total. The van der Waals surface area contributed by atoms with Gasteiger partial charge in [0.2, 0.25) is 0 Å². The van der Waals surface area contributed by atoms with Gasteiger partial charge in [-0.2, -0.15) is 0 Å². The van der Waals surface area contributed by atoms with E-state index in [-0.39, 0.29) is 0 Å². The molecule has 1 nitrogen and oxygen atoms in total. The first-order chi connectivity index (χ1) is 12.8. The van der Waals surface area contributed by atoms with Gasteiger partial charge in [0.1, 0.15) is 0 Å². The van der Waals surface area contributed by atoms with Gasteiger partial charge >= 0.3 is 0 Å². The van der Waals surface area contributed by atoms with E-state index in [0.717, 1.165) is 17.7 Å². The number of hydrogen-bond donors (Lipinski definition) is 1. The monoisotopic (exact) mass is 335 g/mol. The predicted octanol–water partition coefficient (Wildman–Crippen LogP) is 6.19. The van der Waals surface area contributed by atoms with Crippen molar-refractivity contribution in [2.75, 3.05) is 5.73 Å². The SMILES string of the molecule is Nc1ccccc1-c1ccccc1.c1ccc2c(c1)Cc1ccccc1-2. The molecule has 0 fully saturated rings. The van der Waals surface area contributed by atoms with Crippen molar-refractivity contribution >= 4 is 5.69 Å². The van der Waals surface area contributed by atoms with Gasteiger partial charge in [0.15, 0.2) is 0 Å². The summed E-state index contributed by atoms with van der Waals surface area (Å²) in [7, 11) is 0. The van der Waals surface area contributed by atoms with Crippen LogP contribution in [0.15, 0.2) is 103 Å². The molecule has 0 unspecified atom stereocenters. The fraction of sp³-hybridized carbons (Fsp3) is 0.0400. The second kappa shape index (κ2) is 7.28. The molecule has 0 saturated heterocycles. The first kappa shape index (κ1) is 16.2. The number of hydrogen-bond acceptors (Lipinski definition) is 1. The van der Waals surface area contributed by atoms with E-state index in [9.17, 15) is 0 Å². The van der Waals surface area contributed by atoms with Crippen LogP contribution in [-0.2, 0) is 6.42 Å². The van der Waals surface area contributed by atoms with E-state index in [4.69, 9.17) is 5.73 Å². The Morgan fingerprint density at radius 2 is 0.923 bits per heavy atom. The summed E-state index contributed by atoms with van der Waals surface area (Å²) in [5, 5.41) is 0. The van der Waals surface area contributed by atoms with Crippen molar-refractivity contribution in [2.45, 2.75) is 6.42 Å². The topological polar surface area (TPSA) is 26.0 Å². The number of fused-ring (bicyclic) bond motifs is 3. The van der Waals surface area contributed by atoms with Gasteiger partial charge in [0, 0.05) is 11.3 Å². The second-order valence-corrected chi connectivity index (χ2v) is 6.44. The molecule has 0 heterocycles. The summed E-state index contributed by atoms with van der Waals surface area (Å²) in [4.78, 5) is 0. The molecule has 0 aliphatic heterocycles. The zero-order chi connectivity index (χ0) is 17.8. The van der Waals surface area contributed by atoms with Crippen LogP contribution in [0.5, 0.6) is 0 Å². The van der Waals surface area contributed by atoms with Crippen molar-refractivity contribution in [2.24, 2.45) is 0 Å². The fourth-order valence-electron chi connectivity index (χ4n) is 3.46. The number of benzene rings is 4. The standard InChI is InChI=1S/C13H10.C12H11N/c1-3-7-12-10(5-1)9-11-6-2-4-8-13(11)12;13-12-9-5-4-8-11(12)10-6-2-1-3-7-10/h1-8H,9H2;1-9H,13H2. The number of nitrogen functional groups attached to an aromatic ring is 1. The van der Waals surface area contributed by atoms with Crippen molar-refractivity contribution in [3.63, 3.8) is 0 Å². The number of nitrogens with two attached hydrogens (primary N) is 1. The lowest BCUT2D eigenvalue weighted by Gasteiger charge is -2.03. The largest absolute Gasteiger partial charge is 0.398 e. The van der Waals surface area contributed by atoms with Crippen LogP contribution in [0.1, 0.15) is 11.1 Å². The molecule has 4 aromatic rings. The summed E-state index contributed by atoms with van der Waals surface area (Å²) < 4.78 is 0. The normalized spacial score (nSPS) is 11.1. The molecule has 126 valence electrons. The molecule has 1 aliphatic carbocycles. The molecule has 1 aliphatic rings. The van der Waals surface area contributed by atoms with Gasteiger partial charge in [0.05, 0.1) is 0 Å². The first-order valence-electron chi connectivity index (χ1n) is 8.89. The van der Waals surface area contributed by atoms with Crippen LogP contribution in [0.4, 0.5) is 5.69 Å². The van der Waals surface area contributed by atoms with Crippen LogP contribution in [0.25, 0.3) is 22.3 Å². The van der Waals surface area contributed by atoms with Gasteiger partial charge in [-0.05, 0) is 40.3 Å². The van der Waals surface area contributed by atoms with Crippen molar-refractivity contribution in [3.05, 3.63) is 114 Å². The smallest absolute Gasteiger partial charge is 0.0393 e. The summed E-state index contributed by atoms with van der Waals surface area (Å²) >= 11 is 0. The Hall–Kier alpha value is -3.32. The van der Waals surface area contributed by atoms with E-state index in [2.05, 4.69) is 60.7 Å². The maximum Gasteiger partial charge on any atom is 0.0393 e. The van der Waals surface area contributed by atoms with E-state index < -0.39 is 0 Å². The summed E-state index contributed by atoms with van der Waals surface area (Å²) in [5.74, 6) is 0. The van der Waals surface area contributed by atoms with Gasteiger partial charge in [-0.15, -0.1) is 0 Å². The molecule has 1 heteroatoms. The average molecular weight is 335 g/mol. The minimum Gasteiger partial charge on any atom is -0.398 e. The van der Waals surface area contributed by atoms with Gasteiger partial charge in [0.25, 0.3) is 0 Å². The molecule has 0 atom stereocenters. The Morgan fingerprint density at radius 3 is 1.50 bits per heavy atom. The third-order valence-corrected chi connectivity index (χ3v) is 4.75. The number of rotatable bonds is 1. The molecule has 0 aromatic heterocycles. The molecular weight excluding hydrogens is 314 g/mol. The van der Waals surface area contributed by atoms with Crippen molar-refractivity contribution in [3.8, 4) is 22.3 Å². The van der Waals surface area contributed by atoms with Crippen LogP contribution >= 0.6 is 0 Å². The molecule has 4 aromatic carbocycles. The Bertz CT molecular complexity index is 967. The highest BCUT2D eigenvalue weighted by Gasteiger charge is 2.15. The molecule has 0 radical (unpaired) electrons. The van der Waals surface area contributed by atoms with E-state index in [0.29, 0.717) is 0 Å². The molecular formula is C25H21N. The minimum atomic E-state index is 0.828. The van der Waals surface area contributed by atoms with Crippen LogP contribution in [-0.4, -0.2) is 0 Å². The highest BCUT2D eigenvalue weighted by atomic mass is 14.6. The summed E-state index contributed by atoms with van der Waals surface area (Å²) in [6.07, 6.45) is 1.10. The van der Waals surface area contributed by atoms with E-state index in [1.54, 1.807) is 0 Å². The molecule has 0 bridgehead atoms. The number of anilines is 1. The van der Waals surface area contributed by atoms with Crippen molar-refractivity contribution in [1.82, 2.24) is 0 Å². The lowest BCUT2D eigenvalue weighted by molar-refractivity contribution is 1.26. The Balaban J connectivity index is 0.000000129. The maximum atomic E-state index is 5.85. The van der Waals surface area contributed by atoms with Crippen molar-refractivity contribution < 1.29 is 0 Å². The highest BCUT2D eigenvalue weighted by molar-refractivity contribution is 5.77. The average Bonchev–Trinajstić information content (AvgIpc) is 3.08. The summed E-state index contributed by atoms with van der Waals surface area (Å²) in [6.45, 7) is 0. The van der Waals surface area contributed by atoms with E-state index >= 15 is 0 Å². The third kappa shape index (κ3) is 3.25. The lowest BCUT2D eigenvalue weighted by Crippen LogP contribution is -1.88. The third-order valence-electron chi connectivity index (χ3n) is 4.75. The van der Waals surface area contributed by atoms with Gasteiger partial charge in [-0.1, -0.05) is 97.1 Å². The molecule has 26 heavy (non-hydrogen) atoms. The predicted molar refractivity (Wildman–Crippen MR) is 111 cm³/mol. The van der Waals surface area contributed by atoms with E-state index in [1.807, 2.05) is 42.5 Å². The van der Waals surface area contributed by atoms with E-state index in [1.165, 1.54) is 27.8 Å². The van der Waals surface area contributed by atoms with Crippen LogP contribution < -0.4 is 5.73 Å². The Labute approximate surface area is 154 Å². The maximum absolute atomic E-state index is 5.85. The lowest BCUT2D eigenvalue weighted by atomic mass is 10.0. The Morgan fingerprint density at radius 1 is 0.462 bits per heavy atom. The Kier molecular flexibility index (Phi) is 4.53. The quantitative estimate of drug-likeness (QED) is 0.363. The highest BCUT2D eigenvalue weighted by Crippen LogP contribution is 2.35. The fourth-order valence-corrected chi connectivity index (χ4v) is 3.46. The van der Waals surface area contributed by atoms with Crippen molar-refractivity contribution in [1.29, 1.82) is 0 Å². The second-order valence-electron chi connectivity index (χ2n) is 6.44. The molecule has 0 saturated carbocycles. The van der Waals surface area contributed by atoms with Gasteiger partial charge in [-0.3, -0.25) is 0 Å². The number of para-hydroxylation sites is 1. The molecule has 0 spiro atoms. The van der Waals surface area contributed by atoms with Gasteiger partial charge < -0.3 is 5.73 Å².